The summed E-state index contributed by atoms with van der Waals surface area (Å²) in [5, 5.41) is 0. The molecule has 0 spiro atoms. The Labute approximate surface area is 127 Å². The number of carbonyl (C=O) groups excluding carboxylic acids is 1. The van der Waals surface area contributed by atoms with Gasteiger partial charge in [-0.3, -0.25) is 9.69 Å². The van der Waals surface area contributed by atoms with E-state index >= 15 is 0 Å². The van der Waals surface area contributed by atoms with E-state index in [2.05, 4.69) is 4.90 Å². The predicted molar refractivity (Wildman–Crippen MR) is 75.2 cm³/mol. The molecule has 4 nitrogen and oxygen atoms in total. The summed E-state index contributed by atoms with van der Waals surface area (Å²) in [5.41, 5.74) is 0.205. The van der Waals surface area contributed by atoms with Crippen LogP contribution in [0.2, 0.25) is 0 Å². The van der Waals surface area contributed by atoms with Crippen LogP contribution < -0.4 is 0 Å². The highest BCUT2D eigenvalue weighted by atomic mass is 19.4. The van der Waals surface area contributed by atoms with E-state index in [9.17, 15) is 18.0 Å². The molecular weight excluding hydrogens is 297 g/mol. The largest absolute Gasteiger partial charge is 0.416 e. The Hall–Kier alpha value is -1.60. The maximum Gasteiger partial charge on any atom is 0.416 e. The topological polar surface area (TPSA) is 32.8 Å². The molecule has 0 aromatic heterocycles. The maximum atomic E-state index is 12.5. The van der Waals surface area contributed by atoms with Gasteiger partial charge in [-0.05, 0) is 17.7 Å². The van der Waals surface area contributed by atoms with Crippen LogP contribution in [0.5, 0.6) is 0 Å². The first kappa shape index (κ1) is 16.8. The van der Waals surface area contributed by atoms with Crippen molar-refractivity contribution in [1.82, 2.24) is 9.80 Å². The standard InChI is InChI=1S/C15H19F3N2O2/c1-22-11-14(21)20-8-6-19(7-9-20)10-12-2-4-13(5-3-12)15(16,17)18/h2-5H,6-11H2,1H3. The number of alkyl halides is 3. The zero-order chi connectivity index (χ0) is 16.2. The second-order valence-electron chi connectivity index (χ2n) is 5.28. The molecule has 2 rings (SSSR count). The minimum Gasteiger partial charge on any atom is -0.375 e. The van der Waals surface area contributed by atoms with Gasteiger partial charge in [-0.15, -0.1) is 0 Å². The van der Waals surface area contributed by atoms with Crippen molar-refractivity contribution in [2.45, 2.75) is 12.7 Å². The van der Waals surface area contributed by atoms with Gasteiger partial charge in [0, 0.05) is 39.8 Å². The van der Waals surface area contributed by atoms with Gasteiger partial charge in [0.25, 0.3) is 0 Å². The summed E-state index contributed by atoms with van der Waals surface area (Å²) in [4.78, 5) is 15.5. The monoisotopic (exact) mass is 316 g/mol. The number of piperazine rings is 1. The molecule has 0 saturated carbocycles. The van der Waals surface area contributed by atoms with E-state index in [0.29, 0.717) is 32.7 Å². The Kier molecular flexibility index (Phi) is 5.42. The van der Waals surface area contributed by atoms with Gasteiger partial charge in [0.1, 0.15) is 6.61 Å². The first-order valence-electron chi connectivity index (χ1n) is 7.05. The molecule has 122 valence electrons. The summed E-state index contributed by atoms with van der Waals surface area (Å²) in [7, 11) is 1.48. The summed E-state index contributed by atoms with van der Waals surface area (Å²) in [6.45, 7) is 3.31. The first-order valence-corrected chi connectivity index (χ1v) is 7.05. The Balaban J connectivity index is 1.84. The molecule has 1 amide bonds. The molecule has 1 saturated heterocycles. The number of methoxy groups -OCH3 is 1. The van der Waals surface area contributed by atoms with Gasteiger partial charge in [0.05, 0.1) is 5.56 Å². The minimum atomic E-state index is -4.30. The van der Waals surface area contributed by atoms with Crippen LogP contribution in [0, 0.1) is 0 Å². The lowest BCUT2D eigenvalue weighted by Crippen LogP contribution is -2.49. The van der Waals surface area contributed by atoms with Crippen molar-refractivity contribution < 1.29 is 22.7 Å². The van der Waals surface area contributed by atoms with E-state index in [-0.39, 0.29) is 12.5 Å². The number of hydrogen-bond donors (Lipinski definition) is 0. The lowest BCUT2D eigenvalue weighted by Gasteiger charge is -2.34. The van der Waals surface area contributed by atoms with Crippen molar-refractivity contribution in [3.8, 4) is 0 Å². The Morgan fingerprint density at radius 2 is 1.73 bits per heavy atom. The van der Waals surface area contributed by atoms with Crippen molar-refractivity contribution in [3.05, 3.63) is 35.4 Å². The van der Waals surface area contributed by atoms with E-state index in [1.54, 1.807) is 4.90 Å². The average Bonchev–Trinajstić information content (AvgIpc) is 2.48. The molecule has 1 fully saturated rings. The van der Waals surface area contributed by atoms with E-state index in [1.807, 2.05) is 0 Å². The van der Waals surface area contributed by atoms with Crippen molar-refractivity contribution in [2.24, 2.45) is 0 Å². The highest BCUT2D eigenvalue weighted by Gasteiger charge is 2.30. The van der Waals surface area contributed by atoms with Gasteiger partial charge in [-0.1, -0.05) is 12.1 Å². The van der Waals surface area contributed by atoms with Gasteiger partial charge in [-0.25, -0.2) is 0 Å². The molecule has 1 heterocycles. The molecule has 0 bridgehead atoms. The second kappa shape index (κ2) is 7.11. The predicted octanol–water partition coefficient (Wildman–Crippen LogP) is 2.00. The zero-order valence-corrected chi connectivity index (χ0v) is 12.4. The van der Waals surface area contributed by atoms with Crippen molar-refractivity contribution in [2.75, 3.05) is 39.9 Å². The molecular formula is C15H19F3N2O2. The van der Waals surface area contributed by atoms with Gasteiger partial charge in [0.2, 0.25) is 5.91 Å². The molecule has 1 aliphatic rings. The average molecular weight is 316 g/mol. The molecule has 7 heteroatoms. The molecule has 1 aromatic rings. The molecule has 1 aliphatic heterocycles. The smallest absolute Gasteiger partial charge is 0.375 e. The fourth-order valence-corrected chi connectivity index (χ4v) is 2.43. The summed E-state index contributed by atoms with van der Waals surface area (Å²) in [6.07, 6.45) is -4.30. The molecule has 0 aliphatic carbocycles. The third kappa shape index (κ3) is 4.45. The number of halogens is 3. The zero-order valence-electron chi connectivity index (χ0n) is 12.4. The van der Waals surface area contributed by atoms with E-state index < -0.39 is 11.7 Å². The number of nitrogens with zero attached hydrogens (tertiary/aromatic N) is 2. The van der Waals surface area contributed by atoms with Gasteiger partial charge in [-0.2, -0.15) is 13.2 Å². The van der Waals surface area contributed by atoms with E-state index in [0.717, 1.165) is 17.7 Å². The highest BCUT2D eigenvalue weighted by Crippen LogP contribution is 2.29. The number of carbonyl (C=O) groups is 1. The van der Waals surface area contributed by atoms with Crippen LogP contribution >= 0.6 is 0 Å². The van der Waals surface area contributed by atoms with Crippen LogP contribution in [0.3, 0.4) is 0 Å². The fourth-order valence-electron chi connectivity index (χ4n) is 2.43. The fraction of sp³-hybridized carbons (Fsp3) is 0.533. The van der Waals surface area contributed by atoms with Crippen LogP contribution in [-0.4, -0.2) is 55.6 Å². The lowest BCUT2D eigenvalue weighted by molar-refractivity contribution is -0.138. The van der Waals surface area contributed by atoms with Gasteiger partial charge < -0.3 is 9.64 Å². The third-order valence-electron chi connectivity index (χ3n) is 3.68. The van der Waals surface area contributed by atoms with Crippen LogP contribution in [0.1, 0.15) is 11.1 Å². The van der Waals surface area contributed by atoms with Crippen molar-refractivity contribution in [1.29, 1.82) is 0 Å². The minimum absolute atomic E-state index is 0.0309. The molecule has 1 aromatic carbocycles. The van der Waals surface area contributed by atoms with Crippen molar-refractivity contribution in [3.63, 3.8) is 0 Å². The number of benzene rings is 1. The summed E-state index contributed by atoms with van der Waals surface area (Å²) >= 11 is 0. The first-order chi connectivity index (χ1) is 10.4. The number of amides is 1. The number of ether oxygens (including phenoxy) is 1. The number of hydrogen-bond acceptors (Lipinski definition) is 3. The third-order valence-corrected chi connectivity index (χ3v) is 3.68. The molecule has 0 radical (unpaired) electrons. The Bertz CT molecular complexity index is 495. The Morgan fingerprint density at radius 3 is 2.23 bits per heavy atom. The molecule has 0 unspecified atom stereocenters. The summed E-state index contributed by atoms with van der Waals surface area (Å²) in [6, 6.07) is 5.22. The SMILES string of the molecule is COCC(=O)N1CCN(Cc2ccc(C(F)(F)F)cc2)CC1. The van der Waals surface area contributed by atoms with Crippen LogP contribution in [0.25, 0.3) is 0 Å². The van der Waals surface area contributed by atoms with E-state index in [1.165, 1.54) is 19.2 Å². The van der Waals surface area contributed by atoms with E-state index in [4.69, 9.17) is 4.74 Å². The van der Waals surface area contributed by atoms with Crippen LogP contribution in [0.4, 0.5) is 13.2 Å². The quantitative estimate of drug-likeness (QED) is 0.852. The normalized spacial score (nSPS) is 16.8. The maximum absolute atomic E-state index is 12.5. The van der Waals surface area contributed by atoms with Crippen molar-refractivity contribution >= 4 is 5.91 Å². The van der Waals surface area contributed by atoms with Gasteiger partial charge >= 0.3 is 6.18 Å². The van der Waals surface area contributed by atoms with Crippen LogP contribution in [-0.2, 0) is 22.3 Å². The molecule has 0 atom stereocenters. The summed E-state index contributed by atoms with van der Waals surface area (Å²) < 4.78 is 42.3. The highest BCUT2D eigenvalue weighted by molar-refractivity contribution is 5.77. The second-order valence-corrected chi connectivity index (χ2v) is 5.28. The molecule has 22 heavy (non-hydrogen) atoms. The van der Waals surface area contributed by atoms with Gasteiger partial charge in [0.15, 0.2) is 0 Å². The Morgan fingerprint density at radius 1 is 1.14 bits per heavy atom. The number of rotatable bonds is 4. The lowest BCUT2D eigenvalue weighted by atomic mass is 10.1. The molecule has 0 N–H and O–H groups in total. The summed E-state index contributed by atoms with van der Waals surface area (Å²) in [5.74, 6) is -0.0309. The van der Waals surface area contributed by atoms with Crippen LogP contribution in [0.15, 0.2) is 24.3 Å².